The molecule has 2 saturated heterocycles. The van der Waals surface area contributed by atoms with Crippen molar-refractivity contribution in [3.63, 3.8) is 0 Å². The summed E-state index contributed by atoms with van der Waals surface area (Å²) in [5.41, 5.74) is 1.67. The first kappa shape index (κ1) is 20.5. The molecule has 0 spiro atoms. The van der Waals surface area contributed by atoms with Crippen LogP contribution in [0.15, 0.2) is 18.5 Å². The number of morpholine rings is 1. The van der Waals surface area contributed by atoms with Gasteiger partial charge < -0.3 is 14.5 Å². The van der Waals surface area contributed by atoms with Gasteiger partial charge in [-0.15, -0.1) is 0 Å². The Bertz CT molecular complexity index is 935. The smallest absolute Gasteiger partial charge is 0.272 e. The Kier molecular flexibility index (Phi) is 5.80. The van der Waals surface area contributed by atoms with Crippen molar-refractivity contribution in [1.82, 2.24) is 29.5 Å². The van der Waals surface area contributed by atoms with E-state index in [1.807, 2.05) is 18.7 Å². The van der Waals surface area contributed by atoms with E-state index in [0.29, 0.717) is 55.6 Å². The number of amides is 2. The lowest BCUT2D eigenvalue weighted by molar-refractivity contribution is 0.0299. The van der Waals surface area contributed by atoms with Crippen LogP contribution in [-0.4, -0.2) is 74.2 Å². The fraction of sp³-hybridized carbons (Fsp3) is 0.571. The predicted octanol–water partition coefficient (Wildman–Crippen LogP) is 2.01. The highest BCUT2D eigenvalue weighted by Gasteiger charge is 2.36. The summed E-state index contributed by atoms with van der Waals surface area (Å²) in [5, 5.41) is 4.30. The maximum atomic E-state index is 13.4. The van der Waals surface area contributed by atoms with Crippen LogP contribution in [0.1, 0.15) is 71.1 Å². The third-order valence-electron chi connectivity index (χ3n) is 5.68. The molecule has 4 heterocycles. The zero-order valence-electron chi connectivity index (χ0n) is 17.7. The molecule has 2 aromatic heterocycles. The summed E-state index contributed by atoms with van der Waals surface area (Å²) in [7, 11) is 0. The van der Waals surface area contributed by atoms with Crippen molar-refractivity contribution in [2.24, 2.45) is 0 Å². The van der Waals surface area contributed by atoms with Crippen molar-refractivity contribution < 1.29 is 14.3 Å². The first-order valence-electron chi connectivity index (χ1n) is 10.5. The van der Waals surface area contributed by atoms with E-state index in [4.69, 9.17) is 4.74 Å². The van der Waals surface area contributed by atoms with Gasteiger partial charge in [0.05, 0.1) is 30.5 Å². The highest BCUT2D eigenvalue weighted by molar-refractivity contribution is 5.96. The predicted molar refractivity (Wildman–Crippen MR) is 109 cm³/mol. The van der Waals surface area contributed by atoms with Gasteiger partial charge in [-0.05, 0) is 39.7 Å². The van der Waals surface area contributed by atoms with Crippen LogP contribution < -0.4 is 0 Å². The average molecular weight is 412 g/mol. The number of likely N-dealkylation sites (tertiary alicyclic amines) is 1. The number of ether oxygens (including phenoxy) is 1. The molecule has 30 heavy (non-hydrogen) atoms. The Morgan fingerprint density at radius 1 is 1.17 bits per heavy atom. The molecule has 0 saturated carbocycles. The van der Waals surface area contributed by atoms with Crippen LogP contribution in [0.25, 0.3) is 0 Å². The van der Waals surface area contributed by atoms with Crippen LogP contribution in [0.3, 0.4) is 0 Å². The topological polar surface area (TPSA) is 93.5 Å². The van der Waals surface area contributed by atoms with Crippen molar-refractivity contribution in [3.8, 4) is 0 Å². The maximum absolute atomic E-state index is 13.4. The first-order valence-corrected chi connectivity index (χ1v) is 10.5. The van der Waals surface area contributed by atoms with Crippen molar-refractivity contribution in [2.45, 2.75) is 45.7 Å². The normalized spacial score (nSPS) is 19.5. The van der Waals surface area contributed by atoms with Crippen LogP contribution in [-0.2, 0) is 4.74 Å². The lowest BCUT2D eigenvalue weighted by Crippen LogP contribution is -2.42. The van der Waals surface area contributed by atoms with E-state index in [0.717, 1.165) is 12.8 Å². The third-order valence-corrected chi connectivity index (χ3v) is 5.68. The van der Waals surface area contributed by atoms with E-state index < -0.39 is 0 Å². The van der Waals surface area contributed by atoms with Crippen LogP contribution in [0.5, 0.6) is 0 Å². The van der Waals surface area contributed by atoms with Crippen molar-refractivity contribution in [2.75, 3.05) is 32.8 Å². The highest BCUT2D eigenvalue weighted by atomic mass is 16.5. The van der Waals surface area contributed by atoms with E-state index in [2.05, 4.69) is 15.1 Å². The minimum atomic E-state index is -0.255. The molecule has 0 N–H and O–H groups in total. The highest BCUT2D eigenvalue weighted by Crippen LogP contribution is 2.34. The van der Waals surface area contributed by atoms with Crippen LogP contribution in [0.4, 0.5) is 0 Å². The second-order valence-electron chi connectivity index (χ2n) is 8.03. The maximum Gasteiger partial charge on any atom is 0.272 e. The fourth-order valence-corrected chi connectivity index (χ4v) is 4.18. The summed E-state index contributed by atoms with van der Waals surface area (Å²) >= 11 is 0. The second kappa shape index (κ2) is 8.51. The fourth-order valence-electron chi connectivity index (χ4n) is 4.18. The molecular formula is C21H28N6O3. The zero-order chi connectivity index (χ0) is 21.3. The molecule has 160 valence electrons. The molecule has 0 aromatic carbocycles. The molecule has 2 fully saturated rings. The van der Waals surface area contributed by atoms with E-state index in [1.165, 1.54) is 0 Å². The summed E-state index contributed by atoms with van der Waals surface area (Å²) in [4.78, 5) is 39.1. The van der Waals surface area contributed by atoms with Crippen LogP contribution in [0, 0.1) is 6.92 Å². The van der Waals surface area contributed by atoms with Gasteiger partial charge in [0.25, 0.3) is 11.8 Å². The Morgan fingerprint density at radius 3 is 2.67 bits per heavy atom. The largest absolute Gasteiger partial charge is 0.378 e. The molecule has 2 aliphatic rings. The standard InChI is InChI=1S/C21H28N6O3/c1-14(2)27-18(6-7-23-27)21(29)26-8-4-5-17(26)19-16(13-22-15(3)24-19)20(28)25-9-11-30-12-10-25/h6-7,13-14,17H,4-5,8-12H2,1-3H3/t17-/m0/s1. The Balaban J connectivity index is 1.67. The molecule has 1 atom stereocenters. The lowest BCUT2D eigenvalue weighted by atomic mass is 10.0. The zero-order valence-corrected chi connectivity index (χ0v) is 17.7. The molecule has 0 aliphatic carbocycles. The number of aromatic nitrogens is 4. The van der Waals surface area contributed by atoms with Gasteiger partial charge in [0.2, 0.25) is 0 Å². The lowest BCUT2D eigenvalue weighted by Gasteiger charge is -2.30. The Labute approximate surface area is 176 Å². The van der Waals surface area contributed by atoms with Gasteiger partial charge in [0.15, 0.2) is 0 Å². The van der Waals surface area contributed by atoms with E-state index in [9.17, 15) is 9.59 Å². The van der Waals surface area contributed by atoms with Gasteiger partial charge >= 0.3 is 0 Å². The summed E-state index contributed by atoms with van der Waals surface area (Å²) in [6.07, 6.45) is 4.89. The molecule has 2 amide bonds. The van der Waals surface area contributed by atoms with Crippen molar-refractivity contribution in [1.29, 1.82) is 0 Å². The number of hydrogen-bond donors (Lipinski definition) is 0. The van der Waals surface area contributed by atoms with E-state index in [-0.39, 0.29) is 23.9 Å². The number of aryl methyl sites for hydroxylation is 1. The van der Waals surface area contributed by atoms with E-state index >= 15 is 0 Å². The summed E-state index contributed by atoms with van der Waals surface area (Å²) in [6.45, 7) is 8.58. The van der Waals surface area contributed by atoms with Gasteiger partial charge in [-0.2, -0.15) is 5.10 Å². The minimum Gasteiger partial charge on any atom is -0.378 e. The Morgan fingerprint density at radius 2 is 1.93 bits per heavy atom. The van der Waals surface area contributed by atoms with Crippen molar-refractivity contribution in [3.05, 3.63) is 41.2 Å². The Hall–Kier alpha value is -2.81. The van der Waals surface area contributed by atoms with Gasteiger partial charge in [-0.3, -0.25) is 14.3 Å². The van der Waals surface area contributed by atoms with Crippen LogP contribution >= 0.6 is 0 Å². The molecule has 2 aromatic rings. The monoisotopic (exact) mass is 412 g/mol. The molecule has 9 heteroatoms. The molecule has 0 radical (unpaired) electrons. The summed E-state index contributed by atoms with van der Waals surface area (Å²) in [5.74, 6) is 0.416. The summed E-state index contributed by atoms with van der Waals surface area (Å²) in [6, 6.07) is 1.58. The number of carbonyl (C=O) groups excluding carboxylic acids is 2. The van der Waals surface area contributed by atoms with Gasteiger partial charge in [-0.25, -0.2) is 9.97 Å². The molecular weight excluding hydrogens is 384 g/mol. The molecule has 0 unspecified atom stereocenters. The number of carbonyl (C=O) groups is 2. The molecule has 2 aliphatic heterocycles. The molecule has 0 bridgehead atoms. The van der Waals surface area contributed by atoms with E-state index in [1.54, 1.807) is 35.0 Å². The molecule has 9 nitrogen and oxygen atoms in total. The number of rotatable bonds is 4. The summed E-state index contributed by atoms with van der Waals surface area (Å²) < 4.78 is 7.11. The van der Waals surface area contributed by atoms with Crippen LogP contribution in [0.2, 0.25) is 0 Å². The minimum absolute atomic E-state index is 0.0789. The van der Waals surface area contributed by atoms with Gasteiger partial charge in [-0.1, -0.05) is 0 Å². The van der Waals surface area contributed by atoms with Gasteiger partial charge in [0, 0.05) is 38.1 Å². The average Bonchev–Trinajstić information content (AvgIpc) is 3.43. The number of nitrogens with zero attached hydrogens (tertiary/aromatic N) is 6. The first-order chi connectivity index (χ1) is 14.5. The quantitative estimate of drug-likeness (QED) is 0.763. The van der Waals surface area contributed by atoms with Crippen molar-refractivity contribution >= 4 is 11.8 Å². The molecule has 4 rings (SSSR count). The van der Waals surface area contributed by atoms with Gasteiger partial charge in [0.1, 0.15) is 11.5 Å². The number of hydrogen-bond acceptors (Lipinski definition) is 6. The second-order valence-corrected chi connectivity index (χ2v) is 8.03. The third kappa shape index (κ3) is 3.81. The SMILES string of the molecule is Cc1ncc(C(=O)N2CCOCC2)c([C@@H]2CCCN2C(=O)c2ccnn2C(C)C)n1.